The molecule has 2 atom stereocenters. The Labute approximate surface area is 178 Å². The van der Waals surface area contributed by atoms with Crippen molar-refractivity contribution in [1.29, 1.82) is 0 Å². The first-order chi connectivity index (χ1) is 12.8. The van der Waals surface area contributed by atoms with E-state index in [1.807, 2.05) is 24.3 Å². The fourth-order valence-electron chi connectivity index (χ4n) is 3.32. The van der Waals surface area contributed by atoms with Crippen LogP contribution in [0.1, 0.15) is 5.56 Å². The average molecular weight is 534 g/mol. The third-order valence-corrected chi connectivity index (χ3v) is 8.32. The molecule has 27 heavy (non-hydrogen) atoms. The number of hydrogen-bond donors (Lipinski definition) is 0. The Bertz CT molecular complexity index is 1010. The summed E-state index contributed by atoms with van der Waals surface area (Å²) >= 11 is 8.19. The van der Waals surface area contributed by atoms with Crippen LogP contribution in [0.25, 0.3) is 0 Å². The van der Waals surface area contributed by atoms with E-state index < -0.39 is 15.7 Å². The summed E-state index contributed by atoms with van der Waals surface area (Å²) in [4.78, 5) is 6.40. The van der Waals surface area contributed by atoms with Crippen molar-refractivity contribution < 1.29 is 12.8 Å². The zero-order valence-electron chi connectivity index (χ0n) is 14.0. The van der Waals surface area contributed by atoms with Crippen LogP contribution in [-0.2, 0) is 15.6 Å². The number of aliphatic imine (C=N–C) groups is 1. The highest BCUT2D eigenvalue weighted by Crippen LogP contribution is 2.37. The van der Waals surface area contributed by atoms with Crippen LogP contribution in [0.3, 0.4) is 0 Å². The minimum Gasteiger partial charge on any atom is -0.312 e. The van der Waals surface area contributed by atoms with E-state index >= 15 is 0 Å². The molecule has 0 spiro atoms. The zero-order valence-corrected chi connectivity index (χ0v) is 18.8. The van der Waals surface area contributed by atoms with Crippen molar-refractivity contribution in [2.24, 2.45) is 4.99 Å². The van der Waals surface area contributed by atoms with Crippen LogP contribution in [0.2, 0.25) is 0 Å². The van der Waals surface area contributed by atoms with E-state index in [1.165, 1.54) is 17.8 Å². The van der Waals surface area contributed by atoms with E-state index in [2.05, 4.69) is 36.9 Å². The summed E-state index contributed by atoms with van der Waals surface area (Å²) in [5.41, 5.74) is 1.48. The molecular weight excluding hydrogens is 519 g/mol. The summed E-state index contributed by atoms with van der Waals surface area (Å²) in [6.45, 7) is 0. The summed E-state index contributed by atoms with van der Waals surface area (Å²) in [5, 5.41) is 0.670. The van der Waals surface area contributed by atoms with Crippen molar-refractivity contribution in [3.8, 4) is 0 Å². The molecule has 9 heteroatoms. The van der Waals surface area contributed by atoms with Gasteiger partial charge in [0, 0.05) is 14.7 Å². The van der Waals surface area contributed by atoms with Crippen LogP contribution in [-0.4, -0.2) is 37.2 Å². The Hall–Kier alpha value is -0.900. The lowest BCUT2D eigenvalue weighted by molar-refractivity contribution is 0.600. The van der Waals surface area contributed by atoms with E-state index in [9.17, 15) is 12.8 Å². The normalized spacial score (nSPS) is 23.4. The van der Waals surface area contributed by atoms with Gasteiger partial charge in [-0.05, 0) is 35.9 Å². The predicted molar refractivity (Wildman–Crippen MR) is 116 cm³/mol. The minimum absolute atomic E-state index is 0.000978. The second kappa shape index (κ2) is 7.50. The van der Waals surface area contributed by atoms with Crippen LogP contribution in [0.5, 0.6) is 0 Å². The smallest absolute Gasteiger partial charge is 0.164 e. The first kappa shape index (κ1) is 19.4. The number of thioether (sulfide) groups is 1. The van der Waals surface area contributed by atoms with E-state index in [-0.39, 0.29) is 23.6 Å². The van der Waals surface area contributed by atoms with Gasteiger partial charge in [0.2, 0.25) is 0 Å². The van der Waals surface area contributed by atoms with Crippen LogP contribution in [0.4, 0.5) is 10.1 Å². The number of rotatable bonds is 3. The monoisotopic (exact) mass is 532 g/mol. The highest BCUT2D eigenvalue weighted by atomic mass is 79.9. The van der Waals surface area contributed by atoms with E-state index in [4.69, 9.17) is 0 Å². The molecule has 1 fully saturated rings. The number of fused-ring (bicyclic) bond motifs is 1. The standard InChI is InChI=1S/C18H15Br2FN2O2S2/c19-12-3-1-11(2-4-12)8-26-18-22-15-9-27(24,25)10-17(15)23(18)16-6-5-13(20)7-14(16)21/h1-7,15,17H,8-10H2/t15-,17+/m0/s1. The van der Waals surface area contributed by atoms with Crippen molar-refractivity contribution in [1.82, 2.24) is 0 Å². The highest BCUT2D eigenvalue weighted by molar-refractivity contribution is 9.10. The molecule has 2 aliphatic heterocycles. The van der Waals surface area contributed by atoms with Crippen LogP contribution >= 0.6 is 43.6 Å². The lowest BCUT2D eigenvalue weighted by Gasteiger charge is -2.27. The van der Waals surface area contributed by atoms with Gasteiger partial charge in [0.05, 0.1) is 29.3 Å². The van der Waals surface area contributed by atoms with Crippen LogP contribution in [0.15, 0.2) is 56.4 Å². The minimum atomic E-state index is -3.16. The molecule has 2 aromatic rings. The summed E-state index contributed by atoms with van der Waals surface area (Å²) in [7, 11) is -3.16. The summed E-state index contributed by atoms with van der Waals surface area (Å²) in [6, 6.07) is 12.1. The lowest BCUT2D eigenvalue weighted by Crippen LogP contribution is -2.39. The van der Waals surface area contributed by atoms with Gasteiger partial charge in [-0.3, -0.25) is 4.99 Å². The predicted octanol–water partition coefficient (Wildman–Crippen LogP) is 4.63. The topological polar surface area (TPSA) is 49.7 Å². The number of anilines is 1. The van der Waals surface area contributed by atoms with Gasteiger partial charge in [-0.1, -0.05) is 55.8 Å². The number of benzene rings is 2. The van der Waals surface area contributed by atoms with Crippen LogP contribution < -0.4 is 4.90 Å². The van der Waals surface area contributed by atoms with Gasteiger partial charge in [0.15, 0.2) is 15.0 Å². The molecule has 0 bridgehead atoms. The first-order valence-electron chi connectivity index (χ1n) is 8.22. The quantitative estimate of drug-likeness (QED) is 0.577. The Morgan fingerprint density at radius 1 is 1.11 bits per heavy atom. The lowest BCUT2D eigenvalue weighted by atomic mass is 10.1. The largest absolute Gasteiger partial charge is 0.312 e. The Morgan fingerprint density at radius 2 is 1.81 bits per heavy atom. The average Bonchev–Trinajstić information content (AvgIpc) is 3.06. The third-order valence-electron chi connectivity index (χ3n) is 4.56. The number of nitrogens with zero attached hydrogens (tertiary/aromatic N) is 2. The molecule has 0 radical (unpaired) electrons. The summed E-state index contributed by atoms with van der Waals surface area (Å²) in [5.74, 6) is 0.298. The maximum atomic E-state index is 14.6. The highest BCUT2D eigenvalue weighted by Gasteiger charge is 2.47. The second-order valence-corrected chi connectivity index (χ2v) is 11.4. The molecule has 4 rings (SSSR count). The van der Waals surface area contributed by atoms with Crippen LogP contribution in [0, 0.1) is 5.82 Å². The van der Waals surface area contributed by atoms with Crippen molar-refractivity contribution in [3.05, 3.63) is 62.8 Å². The van der Waals surface area contributed by atoms with E-state index in [0.29, 0.717) is 21.1 Å². The molecule has 0 aromatic heterocycles. The molecule has 2 aliphatic rings. The van der Waals surface area contributed by atoms with E-state index in [0.717, 1.165) is 10.0 Å². The van der Waals surface area contributed by atoms with Gasteiger partial charge < -0.3 is 4.90 Å². The summed E-state index contributed by atoms with van der Waals surface area (Å²) in [6.07, 6.45) is 0. The number of hydrogen-bond acceptors (Lipinski definition) is 5. The fraction of sp³-hybridized carbons (Fsp3) is 0.278. The molecule has 0 N–H and O–H groups in total. The molecule has 1 saturated heterocycles. The third kappa shape index (κ3) is 4.11. The first-order valence-corrected chi connectivity index (χ1v) is 12.6. The van der Waals surface area contributed by atoms with Gasteiger partial charge in [0.25, 0.3) is 0 Å². The molecule has 0 amide bonds. The molecule has 0 aliphatic carbocycles. The maximum absolute atomic E-state index is 14.6. The van der Waals surface area contributed by atoms with Crippen molar-refractivity contribution in [2.45, 2.75) is 17.8 Å². The number of sulfone groups is 1. The van der Waals surface area contributed by atoms with E-state index in [1.54, 1.807) is 17.0 Å². The Balaban J connectivity index is 1.64. The van der Waals surface area contributed by atoms with Crippen molar-refractivity contribution in [2.75, 3.05) is 16.4 Å². The maximum Gasteiger partial charge on any atom is 0.164 e. The molecular formula is C18H15Br2FN2O2S2. The summed E-state index contributed by atoms with van der Waals surface area (Å²) < 4.78 is 40.4. The molecule has 0 unspecified atom stereocenters. The van der Waals surface area contributed by atoms with Gasteiger partial charge in [0.1, 0.15) is 5.82 Å². The van der Waals surface area contributed by atoms with Crippen molar-refractivity contribution in [3.63, 3.8) is 0 Å². The van der Waals surface area contributed by atoms with Gasteiger partial charge in [-0.2, -0.15) is 0 Å². The van der Waals surface area contributed by atoms with Gasteiger partial charge in [-0.15, -0.1) is 0 Å². The van der Waals surface area contributed by atoms with Gasteiger partial charge in [-0.25, -0.2) is 12.8 Å². The number of halogens is 3. The number of amidine groups is 1. The Kier molecular flexibility index (Phi) is 5.39. The SMILES string of the molecule is O=S1(=O)C[C@@H]2N=C(SCc3ccc(Br)cc3)N(c3ccc(Br)cc3F)[C@@H]2C1. The molecule has 4 nitrogen and oxygen atoms in total. The molecule has 2 aromatic carbocycles. The van der Waals surface area contributed by atoms with Gasteiger partial charge >= 0.3 is 0 Å². The van der Waals surface area contributed by atoms with Crippen molar-refractivity contribution >= 4 is 64.3 Å². The second-order valence-electron chi connectivity index (χ2n) is 6.50. The molecule has 0 saturated carbocycles. The molecule has 142 valence electrons. The fourth-order valence-corrected chi connectivity index (χ4v) is 6.83. The Morgan fingerprint density at radius 3 is 2.52 bits per heavy atom. The zero-order chi connectivity index (χ0) is 19.2. The molecule has 2 heterocycles.